The molecule has 1 saturated carbocycles. The van der Waals surface area contributed by atoms with Crippen LogP contribution < -0.4 is 5.32 Å². The maximum Gasteiger partial charge on any atom is 0.270 e. The van der Waals surface area contributed by atoms with Crippen molar-refractivity contribution in [3.8, 4) is 0 Å². The van der Waals surface area contributed by atoms with Crippen LogP contribution in [0.25, 0.3) is 0 Å². The predicted octanol–water partition coefficient (Wildman–Crippen LogP) is 3.92. The van der Waals surface area contributed by atoms with E-state index in [-0.39, 0.29) is 11.4 Å². The Labute approximate surface area is 130 Å². The van der Waals surface area contributed by atoms with Crippen molar-refractivity contribution >= 4 is 37.8 Å². The van der Waals surface area contributed by atoms with Crippen molar-refractivity contribution in [2.45, 2.75) is 38.1 Å². The summed E-state index contributed by atoms with van der Waals surface area (Å²) in [5, 5.41) is 3.98. The van der Waals surface area contributed by atoms with E-state index < -0.39 is 0 Å². The fourth-order valence-corrected chi connectivity index (χ4v) is 3.36. The van der Waals surface area contributed by atoms with Gasteiger partial charge in [0.2, 0.25) is 0 Å². The summed E-state index contributed by atoms with van der Waals surface area (Å²) in [6, 6.07) is 3.58. The number of carbonyl (C=O) groups excluding carboxylic acids is 1. The third-order valence-electron chi connectivity index (χ3n) is 3.83. The maximum atomic E-state index is 12.3. The second-order valence-electron chi connectivity index (χ2n) is 5.41. The molecule has 19 heavy (non-hydrogen) atoms. The molecule has 5 heteroatoms. The fraction of sp³-hybridized carbons (Fsp3) is 0.571. The lowest BCUT2D eigenvalue weighted by molar-refractivity contribution is 0.0869. The second-order valence-corrected chi connectivity index (χ2v) is 6.89. The number of halogens is 2. The van der Waals surface area contributed by atoms with Crippen LogP contribution in [0.5, 0.6) is 0 Å². The van der Waals surface area contributed by atoms with E-state index in [1.54, 1.807) is 12.3 Å². The molecule has 0 aliphatic heterocycles. The first kappa shape index (κ1) is 15.0. The van der Waals surface area contributed by atoms with Gasteiger partial charge < -0.3 is 5.32 Å². The van der Waals surface area contributed by atoms with Gasteiger partial charge in [0.05, 0.1) is 5.54 Å². The molecule has 2 rings (SSSR count). The Morgan fingerprint density at radius 2 is 2.16 bits per heavy atom. The number of rotatable bonds is 3. The van der Waals surface area contributed by atoms with Crippen molar-refractivity contribution in [2.24, 2.45) is 5.92 Å². The minimum atomic E-state index is -0.113. The summed E-state index contributed by atoms with van der Waals surface area (Å²) >= 11 is 6.88. The normalized spacial score (nSPS) is 27.0. The van der Waals surface area contributed by atoms with Gasteiger partial charge in [0, 0.05) is 16.0 Å². The van der Waals surface area contributed by atoms with E-state index in [1.165, 1.54) is 12.8 Å². The number of hydrogen-bond acceptors (Lipinski definition) is 2. The quantitative estimate of drug-likeness (QED) is 0.796. The minimum Gasteiger partial charge on any atom is -0.344 e. The molecular formula is C14H18Br2N2O. The van der Waals surface area contributed by atoms with Gasteiger partial charge in [-0.15, -0.1) is 0 Å². The van der Waals surface area contributed by atoms with Crippen LogP contribution in [0.1, 0.15) is 43.1 Å². The molecule has 104 valence electrons. The van der Waals surface area contributed by atoms with Crippen molar-refractivity contribution < 1.29 is 4.79 Å². The van der Waals surface area contributed by atoms with Gasteiger partial charge in [0.15, 0.2) is 0 Å². The van der Waals surface area contributed by atoms with Crippen molar-refractivity contribution in [2.75, 3.05) is 5.33 Å². The molecule has 1 aliphatic carbocycles. The number of alkyl halides is 1. The fourth-order valence-electron chi connectivity index (χ4n) is 2.42. The van der Waals surface area contributed by atoms with E-state index in [0.29, 0.717) is 5.69 Å². The van der Waals surface area contributed by atoms with Gasteiger partial charge in [-0.25, -0.2) is 4.98 Å². The molecule has 1 heterocycles. The molecule has 1 fully saturated rings. The smallest absolute Gasteiger partial charge is 0.270 e. The first-order valence-corrected chi connectivity index (χ1v) is 8.46. The first-order valence-electron chi connectivity index (χ1n) is 6.55. The zero-order chi connectivity index (χ0) is 13.9. The highest BCUT2D eigenvalue weighted by Gasteiger charge is 2.34. The molecule has 1 aromatic heterocycles. The zero-order valence-electron chi connectivity index (χ0n) is 11.0. The standard InChI is InChI=1S/C14H18Br2N2O/c1-10-4-6-14(9-15,7-5-10)18-13(19)12-3-2-11(16)8-17-12/h2-3,8,10H,4-7,9H2,1H3,(H,18,19). The average Bonchev–Trinajstić information content (AvgIpc) is 2.42. The molecule has 1 aromatic rings. The van der Waals surface area contributed by atoms with Crippen LogP contribution in [-0.2, 0) is 0 Å². The number of carbonyl (C=O) groups is 1. The van der Waals surface area contributed by atoms with E-state index in [4.69, 9.17) is 0 Å². The third-order valence-corrected chi connectivity index (χ3v) is 5.37. The summed E-state index contributed by atoms with van der Waals surface area (Å²) in [5.74, 6) is 0.677. The molecule has 1 amide bonds. The molecule has 0 atom stereocenters. The van der Waals surface area contributed by atoms with Crippen LogP contribution in [0.3, 0.4) is 0 Å². The lowest BCUT2D eigenvalue weighted by Gasteiger charge is -2.38. The minimum absolute atomic E-state index is 0.0819. The summed E-state index contributed by atoms with van der Waals surface area (Å²) in [7, 11) is 0. The van der Waals surface area contributed by atoms with Crippen LogP contribution in [0.2, 0.25) is 0 Å². The van der Waals surface area contributed by atoms with E-state index in [2.05, 4.69) is 49.1 Å². The van der Waals surface area contributed by atoms with Gasteiger partial charge in [-0.05, 0) is 59.7 Å². The summed E-state index contributed by atoms with van der Waals surface area (Å²) < 4.78 is 0.880. The highest BCUT2D eigenvalue weighted by molar-refractivity contribution is 9.10. The lowest BCUT2D eigenvalue weighted by Crippen LogP contribution is -2.52. The number of nitrogens with one attached hydrogen (secondary N) is 1. The van der Waals surface area contributed by atoms with Gasteiger partial charge in [-0.3, -0.25) is 4.79 Å². The molecule has 0 saturated heterocycles. The molecule has 0 bridgehead atoms. The number of aromatic nitrogens is 1. The molecule has 0 spiro atoms. The summed E-state index contributed by atoms with van der Waals surface area (Å²) in [5.41, 5.74) is 0.361. The van der Waals surface area contributed by atoms with E-state index >= 15 is 0 Å². The lowest BCUT2D eigenvalue weighted by atomic mass is 9.78. The highest BCUT2D eigenvalue weighted by atomic mass is 79.9. The van der Waals surface area contributed by atoms with Crippen LogP contribution >= 0.6 is 31.9 Å². The third kappa shape index (κ3) is 3.78. The Morgan fingerprint density at radius 1 is 1.47 bits per heavy atom. The Bertz CT molecular complexity index is 439. The van der Waals surface area contributed by atoms with Crippen LogP contribution in [0.15, 0.2) is 22.8 Å². The van der Waals surface area contributed by atoms with Gasteiger partial charge in [-0.2, -0.15) is 0 Å². The van der Waals surface area contributed by atoms with Crippen LogP contribution in [0.4, 0.5) is 0 Å². The number of nitrogens with zero attached hydrogens (tertiary/aromatic N) is 1. The first-order chi connectivity index (χ1) is 9.04. The van der Waals surface area contributed by atoms with Crippen molar-refractivity contribution in [1.82, 2.24) is 10.3 Å². The largest absolute Gasteiger partial charge is 0.344 e. The topological polar surface area (TPSA) is 42.0 Å². The second kappa shape index (κ2) is 6.35. The number of hydrogen-bond donors (Lipinski definition) is 1. The molecular weight excluding hydrogens is 372 g/mol. The summed E-state index contributed by atoms with van der Waals surface area (Å²) in [4.78, 5) is 16.4. The molecule has 0 unspecified atom stereocenters. The van der Waals surface area contributed by atoms with Gasteiger partial charge >= 0.3 is 0 Å². The predicted molar refractivity (Wildman–Crippen MR) is 83.6 cm³/mol. The Kier molecular flexibility index (Phi) is 5.01. The highest BCUT2D eigenvalue weighted by Crippen LogP contribution is 2.33. The Balaban J connectivity index is 2.06. The van der Waals surface area contributed by atoms with E-state index in [9.17, 15) is 4.79 Å². The molecule has 1 N–H and O–H groups in total. The van der Waals surface area contributed by atoms with Crippen molar-refractivity contribution in [3.63, 3.8) is 0 Å². The van der Waals surface area contributed by atoms with Gasteiger partial charge in [0.25, 0.3) is 5.91 Å². The maximum absolute atomic E-state index is 12.3. The van der Waals surface area contributed by atoms with Crippen LogP contribution in [0, 0.1) is 5.92 Å². The monoisotopic (exact) mass is 388 g/mol. The zero-order valence-corrected chi connectivity index (χ0v) is 14.1. The molecule has 0 aromatic carbocycles. The van der Waals surface area contributed by atoms with E-state index in [1.807, 2.05) is 6.07 Å². The van der Waals surface area contributed by atoms with E-state index in [0.717, 1.165) is 28.6 Å². The Hall–Kier alpha value is -0.420. The molecule has 3 nitrogen and oxygen atoms in total. The molecule has 0 radical (unpaired) electrons. The summed E-state index contributed by atoms with van der Waals surface area (Å²) in [6.07, 6.45) is 6.04. The molecule has 1 aliphatic rings. The van der Waals surface area contributed by atoms with Gasteiger partial charge in [0.1, 0.15) is 5.69 Å². The summed E-state index contributed by atoms with van der Waals surface area (Å²) in [6.45, 7) is 2.27. The number of pyridine rings is 1. The van der Waals surface area contributed by atoms with Crippen molar-refractivity contribution in [1.29, 1.82) is 0 Å². The van der Waals surface area contributed by atoms with Crippen molar-refractivity contribution in [3.05, 3.63) is 28.5 Å². The number of amides is 1. The average molecular weight is 390 g/mol. The Morgan fingerprint density at radius 3 is 2.68 bits per heavy atom. The van der Waals surface area contributed by atoms with Gasteiger partial charge in [-0.1, -0.05) is 22.9 Å². The van der Waals surface area contributed by atoms with Crippen LogP contribution in [-0.4, -0.2) is 21.8 Å². The SMILES string of the molecule is CC1CCC(CBr)(NC(=O)c2ccc(Br)cn2)CC1.